The zero-order chi connectivity index (χ0) is 11.4. The third kappa shape index (κ3) is 2.16. The number of hydrogen-bond acceptors (Lipinski definition) is 1. The molecule has 0 aromatic heterocycles. The van der Waals surface area contributed by atoms with Crippen molar-refractivity contribution in [3.05, 3.63) is 35.4 Å². The van der Waals surface area contributed by atoms with Gasteiger partial charge in [0.2, 0.25) is 0 Å². The van der Waals surface area contributed by atoms with E-state index in [0.717, 1.165) is 25.7 Å². The summed E-state index contributed by atoms with van der Waals surface area (Å²) >= 11 is 0. The highest BCUT2D eigenvalue weighted by molar-refractivity contribution is 5.46. The van der Waals surface area contributed by atoms with Gasteiger partial charge < -0.3 is 0 Å². The summed E-state index contributed by atoms with van der Waals surface area (Å²) < 4.78 is 12.4. The summed E-state index contributed by atoms with van der Waals surface area (Å²) in [7, 11) is 0. The molecule has 0 N–H and O–H groups in total. The fourth-order valence-corrected chi connectivity index (χ4v) is 2.74. The Labute approximate surface area is 96.4 Å². The molecule has 0 saturated carbocycles. The van der Waals surface area contributed by atoms with Gasteiger partial charge in [0.1, 0.15) is 0 Å². The first kappa shape index (κ1) is 11.3. The number of rotatable bonds is 3. The monoisotopic (exact) mass is 219 g/mol. The minimum Gasteiger partial charge on any atom is -0.256 e. The van der Waals surface area contributed by atoms with Gasteiger partial charge in [-0.3, -0.25) is 4.99 Å². The zero-order valence-corrected chi connectivity index (χ0v) is 9.70. The molecule has 0 aliphatic heterocycles. The number of benzene rings is 1. The highest BCUT2D eigenvalue weighted by Crippen LogP contribution is 2.39. The molecule has 1 aromatic rings. The van der Waals surface area contributed by atoms with E-state index in [1.54, 1.807) is 0 Å². The first-order chi connectivity index (χ1) is 7.86. The standard InChI is InChI=1S/C14H18FN/c1-2-5-12-9-8-11-6-3-4-7-13(11)14(12)16-10-15/h3-4,6-7,10,12,14H,2,5,8-9H2,1H3/b16-10-. The van der Waals surface area contributed by atoms with Crippen molar-refractivity contribution in [1.82, 2.24) is 0 Å². The highest BCUT2D eigenvalue weighted by Gasteiger charge is 2.27. The van der Waals surface area contributed by atoms with Crippen molar-refractivity contribution in [3.63, 3.8) is 0 Å². The van der Waals surface area contributed by atoms with Crippen molar-refractivity contribution in [2.24, 2.45) is 10.9 Å². The van der Waals surface area contributed by atoms with E-state index < -0.39 is 0 Å². The number of halogens is 1. The van der Waals surface area contributed by atoms with Crippen molar-refractivity contribution in [3.8, 4) is 0 Å². The minimum absolute atomic E-state index is 0.0369. The molecule has 1 aliphatic carbocycles. The van der Waals surface area contributed by atoms with Crippen LogP contribution < -0.4 is 0 Å². The van der Waals surface area contributed by atoms with Crippen LogP contribution >= 0.6 is 0 Å². The summed E-state index contributed by atoms with van der Waals surface area (Å²) in [5.41, 5.74) is 2.56. The molecule has 0 amide bonds. The average molecular weight is 219 g/mol. The van der Waals surface area contributed by atoms with Gasteiger partial charge in [0.25, 0.3) is 0 Å². The van der Waals surface area contributed by atoms with E-state index >= 15 is 0 Å². The first-order valence-corrected chi connectivity index (χ1v) is 6.06. The lowest BCUT2D eigenvalue weighted by Gasteiger charge is -2.30. The van der Waals surface area contributed by atoms with Gasteiger partial charge in [-0.25, -0.2) is 0 Å². The molecule has 2 rings (SSSR count). The Morgan fingerprint density at radius 3 is 3.00 bits per heavy atom. The second-order valence-electron chi connectivity index (χ2n) is 4.48. The van der Waals surface area contributed by atoms with Crippen molar-refractivity contribution >= 4 is 6.47 Å². The van der Waals surface area contributed by atoms with Gasteiger partial charge in [-0.05, 0) is 36.3 Å². The lowest BCUT2D eigenvalue weighted by atomic mass is 9.78. The normalized spacial score (nSPS) is 24.6. The molecule has 0 bridgehead atoms. The van der Waals surface area contributed by atoms with Crippen LogP contribution in [-0.4, -0.2) is 6.47 Å². The molecule has 2 atom stereocenters. The molecule has 2 unspecified atom stereocenters. The summed E-state index contributed by atoms with van der Waals surface area (Å²) in [4.78, 5) is 4.03. The summed E-state index contributed by atoms with van der Waals surface area (Å²) in [6, 6.07) is 8.34. The van der Waals surface area contributed by atoms with Gasteiger partial charge in [0.15, 0.2) is 6.47 Å². The molecule has 1 nitrogen and oxygen atoms in total. The van der Waals surface area contributed by atoms with E-state index in [1.807, 2.05) is 6.07 Å². The van der Waals surface area contributed by atoms with Crippen LogP contribution in [0.2, 0.25) is 0 Å². The lowest BCUT2D eigenvalue weighted by molar-refractivity contribution is 0.353. The lowest BCUT2D eigenvalue weighted by Crippen LogP contribution is -2.19. The Hall–Kier alpha value is -1.18. The van der Waals surface area contributed by atoms with E-state index in [1.165, 1.54) is 11.1 Å². The molecule has 0 fully saturated rings. The molecular weight excluding hydrogens is 201 g/mol. The number of aliphatic imine (C=N–C) groups is 1. The molecule has 86 valence electrons. The molecule has 0 heterocycles. The molecule has 1 aliphatic rings. The van der Waals surface area contributed by atoms with Gasteiger partial charge in [-0.1, -0.05) is 37.6 Å². The molecule has 0 radical (unpaired) electrons. The van der Waals surface area contributed by atoms with Gasteiger partial charge >= 0.3 is 0 Å². The topological polar surface area (TPSA) is 12.4 Å². The Kier molecular flexibility index (Phi) is 3.70. The van der Waals surface area contributed by atoms with Crippen LogP contribution in [0.4, 0.5) is 4.39 Å². The predicted octanol–water partition coefficient (Wildman–Crippen LogP) is 4.09. The van der Waals surface area contributed by atoms with Gasteiger partial charge in [-0.2, -0.15) is 4.39 Å². The van der Waals surface area contributed by atoms with Crippen LogP contribution in [0.3, 0.4) is 0 Å². The number of hydrogen-bond donors (Lipinski definition) is 0. The van der Waals surface area contributed by atoms with Crippen LogP contribution in [0.5, 0.6) is 0 Å². The number of fused-ring (bicyclic) bond motifs is 1. The summed E-state index contributed by atoms with van der Waals surface area (Å²) in [6.07, 6.45) is 4.52. The van der Waals surface area contributed by atoms with Gasteiger partial charge in [0.05, 0.1) is 6.04 Å². The molecule has 0 saturated heterocycles. The minimum atomic E-state index is 0.0369. The van der Waals surface area contributed by atoms with Crippen LogP contribution in [0, 0.1) is 5.92 Å². The second kappa shape index (κ2) is 5.24. The highest BCUT2D eigenvalue weighted by atomic mass is 19.1. The SMILES string of the molecule is CCCC1CCc2ccccc2C1/N=C\F. The van der Waals surface area contributed by atoms with E-state index in [9.17, 15) is 4.39 Å². The van der Waals surface area contributed by atoms with E-state index in [-0.39, 0.29) is 6.04 Å². The quantitative estimate of drug-likeness (QED) is 0.679. The molecular formula is C14H18FN. The van der Waals surface area contributed by atoms with Crippen molar-refractivity contribution < 1.29 is 4.39 Å². The number of nitrogens with zero attached hydrogens (tertiary/aromatic N) is 1. The van der Waals surface area contributed by atoms with E-state index in [4.69, 9.17) is 0 Å². The predicted molar refractivity (Wildman–Crippen MR) is 65.5 cm³/mol. The Balaban J connectivity index is 2.31. The van der Waals surface area contributed by atoms with Crippen molar-refractivity contribution in [1.29, 1.82) is 0 Å². The van der Waals surface area contributed by atoms with Crippen LogP contribution in [-0.2, 0) is 6.42 Å². The first-order valence-electron chi connectivity index (χ1n) is 6.06. The molecule has 16 heavy (non-hydrogen) atoms. The molecule has 2 heteroatoms. The largest absolute Gasteiger partial charge is 0.256 e. The summed E-state index contributed by atoms with van der Waals surface area (Å²) in [5.74, 6) is 0.506. The van der Waals surface area contributed by atoms with Crippen LogP contribution in [0.15, 0.2) is 29.3 Å². The maximum Gasteiger partial charge on any atom is 0.171 e. The Morgan fingerprint density at radius 1 is 1.44 bits per heavy atom. The molecule has 0 spiro atoms. The van der Waals surface area contributed by atoms with Gasteiger partial charge in [0, 0.05) is 0 Å². The van der Waals surface area contributed by atoms with Crippen molar-refractivity contribution in [2.75, 3.05) is 0 Å². The maximum atomic E-state index is 12.4. The zero-order valence-electron chi connectivity index (χ0n) is 9.70. The summed E-state index contributed by atoms with van der Waals surface area (Å²) in [5, 5.41) is 0. The summed E-state index contributed by atoms with van der Waals surface area (Å²) in [6.45, 7) is 2.64. The smallest absolute Gasteiger partial charge is 0.171 e. The van der Waals surface area contributed by atoms with E-state index in [2.05, 4.69) is 30.1 Å². The fourth-order valence-electron chi connectivity index (χ4n) is 2.74. The average Bonchev–Trinajstić information content (AvgIpc) is 2.32. The third-order valence-corrected chi connectivity index (χ3v) is 3.48. The van der Waals surface area contributed by atoms with Crippen LogP contribution in [0.25, 0.3) is 0 Å². The van der Waals surface area contributed by atoms with Gasteiger partial charge in [-0.15, -0.1) is 0 Å². The maximum absolute atomic E-state index is 12.4. The number of aryl methyl sites for hydroxylation is 1. The van der Waals surface area contributed by atoms with E-state index in [0.29, 0.717) is 12.4 Å². The van der Waals surface area contributed by atoms with Crippen molar-refractivity contribution in [2.45, 2.75) is 38.6 Å². The molecule has 1 aromatic carbocycles. The fraction of sp³-hybridized carbons (Fsp3) is 0.500. The third-order valence-electron chi connectivity index (χ3n) is 3.48. The Bertz CT molecular complexity index is 373. The van der Waals surface area contributed by atoms with Crippen LogP contribution in [0.1, 0.15) is 43.4 Å². The Morgan fingerprint density at radius 2 is 2.25 bits per heavy atom. The second-order valence-corrected chi connectivity index (χ2v) is 4.48.